The first-order valence-corrected chi connectivity index (χ1v) is 8.91. The molecule has 27 heavy (non-hydrogen) atoms. The van der Waals surface area contributed by atoms with E-state index in [1.165, 1.54) is 31.4 Å². The van der Waals surface area contributed by atoms with E-state index in [2.05, 4.69) is 22.8 Å². The number of benzene rings is 2. The molecule has 2 aromatic carbocycles. The molecular formula is C20H21FN2O4. The predicted molar refractivity (Wildman–Crippen MR) is 96.8 cm³/mol. The fraction of sp³-hybridized carbons (Fsp3) is 0.300. The van der Waals surface area contributed by atoms with Crippen molar-refractivity contribution < 1.29 is 29.1 Å². The summed E-state index contributed by atoms with van der Waals surface area (Å²) < 4.78 is 15.9. The number of nitrogens with one attached hydrogen (secondary N) is 1. The molecule has 142 valence electrons. The van der Waals surface area contributed by atoms with Crippen LogP contribution in [0.4, 0.5) is 4.39 Å². The maximum absolute atomic E-state index is 13.6. The lowest BCUT2D eigenvalue weighted by Crippen LogP contribution is -3.10. The van der Waals surface area contributed by atoms with Crippen LogP contribution in [0.25, 0.3) is 21.8 Å². The first-order valence-electron chi connectivity index (χ1n) is 8.91. The minimum absolute atomic E-state index is 0.157. The maximum atomic E-state index is 13.6. The van der Waals surface area contributed by atoms with E-state index in [-0.39, 0.29) is 5.82 Å². The van der Waals surface area contributed by atoms with Crippen LogP contribution in [0.3, 0.4) is 0 Å². The lowest BCUT2D eigenvalue weighted by molar-refractivity contribution is -0.887. The number of aromatic nitrogens is 1. The van der Waals surface area contributed by atoms with Crippen molar-refractivity contribution in [2.45, 2.75) is 19.4 Å². The zero-order valence-electron chi connectivity index (χ0n) is 14.8. The van der Waals surface area contributed by atoms with E-state index >= 15 is 0 Å². The zero-order chi connectivity index (χ0) is 19.4. The van der Waals surface area contributed by atoms with Gasteiger partial charge in [0.1, 0.15) is 5.82 Å². The Morgan fingerprint density at radius 1 is 1.07 bits per heavy atom. The van der Waals surface area contributed by atoms with E-state index in [9.17, 15) is 4.39 Å². The molecule has 1 aromatic heterocycles. The Balaban J connectivity index is 0.000000307. The molecule has 4 rings (SSSR count). The quantitative estimate of drug-likeness (QED) is 0.653. The summed E-state index contributed by atoms with van der Waals surface area (Å²) in [4.78, 5) is 19.7. The van der Waals surface area contributed by atoms with Crippen LogP contribution in [0, 0.1) is 5.82 Å². The van der Waals surface area contributed by atoms with Crippen molar-refractivity contribution in [1.82, 2.24) is 4.57 Å². The van der Waals surface area contributed by atoms with E-state index in [4.69, 9.17) is 19.8 Å². The van der Waals surface area contributed by atoms with Crippen LogP contribution in [-0.2, 0) is 16.1 Å². The minimum Gasteiger partial charge on any atom is -0.539 e. The minimum atomic E-state index is -2.07. The molecular weight excluding hydrogens is 351 g/mol. The Labute approximate surface area is 155 Å². The smallest absolute Gasteiger partial charge is 0.351 e. The van der Waals surface area contributed by atoms with Gasteiger partial charge in [-0.1, -0.05) is 18.2 Å². The molecule has 1 fully saturated rings. The lowest BCUT2D eigenvalue weighted by Gasteiger charge is -2.14. The number of carboxylic acid groups (broad SMARTS) is 2. The number of carboxylic acids is 2. The first-order chi connectivity index (χ1) is 13.0. The molecule has 7 heteroatoms. The summed E-state index contributed by atoms with van der Waals surface area (Å²) in [6.45, 7) is 4.76. The Morgan fingerprint density at radius 3 is 2.37 bits per heavy atom. The first kappa shape index (κ1) is 18.8. The highest BCUT2D eigenvalue weighted by Gasteiger charge is 2.17. The van der Waals surface area contributed by atoms with Gasteiger partial charge >= 0.3 is 5.97 Å². The average Bonchev–Trinajstić information content (AvgIpc) is 3.26. The van der Waals surface area contributed by atoms with Gasteiger partial charge < -0.3 is 24.5 Å². The number of fused-ring (bicyclic) bond motifs is 3. The van der Waals surface area contributed by atoms with Gasteiger partial charge in [0.05, 0.1) is 26.2 Å². The molecule has 6 nitrogen and oxygen atoms in total. The van der Waals surface area contributed by atoms with Gasteiger partial charge in [-0.25, -0.2) is 9.18 Å². The van der Waals surface area contributed by atoms with Crippen LogP contribution in [0.15, 0.2) is 42.5 Å². The van der Waals surface area contributed by atoms with Gasteiger partial charge in [-0.2, -0.15) is 0 Å². The molecule has 0 radical (unpaired) electrons. The highest BCUT2D eigenvalue weighted by Crippen LogP contribution is 2.29. The molecule has 0 unspecified atom stereocenters. The second-order valence-electron chi connectivity index (χ2n) is 6.63. The zero-order valence-corrected chi connectivity index (χ0v) is 14.8. The number of halogens is 1. The van der Waals surface area contributed by atoms with Crippen molar-refractivity contribution >= 4 is 33.7 Å². The van der Waals surface area contributed by atoms with Crippen molar-refractivity contribution in [2.24, 2.45) is 0 Å². The highest BCUT2D eigenvalue weighted by molar-refractivity contribution is 6.26. The second kappa shape index (κ2) is 8.18. The fourth-order valence-corrected chi connectivity index (χ4v) is 3.66. The highest BCUT2D eigenvalue weighted by atomic mass is 19.1. The normalized spacial score (nSPS) is 14.3. The SMILES string of the molecule is Fc1ccc2c(c1)c1ccccc1n2CC[NH+]1CCCC1.O=C([O-])C(=O)O. The summed E-state index contributed by atoms with van der Waals surface area (Å²) >= 11 is 0. The number of carbonyl (C=O) groups is 2. The van der Waals surface area contributed by atoms with Crippen molar-refractivity contribution in [2.75, 3.05) is 19.6 Å². The van der Waals surface area contributed by atoms with Crippen LogP contribution in [0.1, 0.15) is 12.8 Å². The van der Waals surface area contributed by atoms with Crippen molar-refractivity contribution in [3.8, 4) is 0 Å². The molecule has 0 saturated carbocycles. The number of rotatable bonds is 3. The summed E-state index contributed by atoms with van der Waals surface area (Å²) in [6.07, 6.45) is 2.71. The van der Waals surface area contributed by atoms with Gasteiger partial charge in [-0.3, -0.25) is 0 Å². The van der Waals surface area contributed by atoms with Crippen LogP contribution < -0.4 is 10.0 Å². The van der Waals surface area contributed by atoms with Crippen LogP contribution in [0.2, 0.25) is 0 Å². The molecule has 1 aliphatic heterocycles. The summed E-state index contributed by atoms with van der Waals surface area (Å²) in [5, 5.41) is 18.5. The van der Waals surface area contributed by atoms with Crippen LogP contribution in [-0.4, -0.2) is 41.2 Å². The van der Waals surface area contributed by atoms with Crippen molar-refractivity contribution in [3.63, 3.8) is 0 Å². The topological polar surface area (TPSA) is 86.8 Å². The number of hydrogen-bond donors (Lipinski definition) is 2. The lowest BCUT2D eigenvalue weighted by atomic mass is 10.1. The van der Waals surface area contributed by atoms with Gasteiger partial charge in [0.2, 0.25) is 0 Å². The van der Waals surface area contributed by atoms with E-state index < -0.39 is 11.9 Å². The van der Waals surface area contributed by atoms with Crippen LogP contribution >= 0.6 is 0 Å². The molecule has 0 atom stereocenters. The largest absolute Gasteiger partial charge is 0.539 e. The van der Waals surface area contributed by atoms with Gasteiger partial charge in [-0.05, 0) is 24.3 Å². The van der Waals surface area contributed by atoms with Crippen molar-refractivity contribution in [1.29, 1.82) is 0 Å². The average molecular weight is 372 g/mol. The molecule has 1 aliphatic rings. The Hall–Kier alpha value is -2.93. The van der Waals surface area contributed by atoms with Gasteiger partial charge in [-0.15, -0.1) is 0 Å². The molecule has 0 spiro atoms. The van der Waals surface area contributed by atoms with Crippen LogP contribution in [0.5, 0.6) is 0 Å². The van der Waals surface area contributed by atoms with E-state index in [0.29, 0.717) is 0 Å². The number of nitrogens with zero attached hydrogens (tertiary/aromatic N) is 1. The third-order valence-corrected chi connectivity index (χ3v) is 4.91. The third kappa shape index (κ3) is 4.25. The summed E-state index contributed by atoms with van der Waals surface area (Å²) in [7, 11) is 0. The Bertz CT molecular complexity index is 965. The third-order valence-electron chi connectivity index (χ3n) is 4.91. The number of quaternary nitrogens is 1. The number of likely N-dealkylation sites (tertiary alicyclic amines) is 1. The molecule has 0 amide bonds. The van der Waals surface area contributed by atoms with E-state index in [1.54, 1.807) is 17.0 Å². The molecule has 1 saturated heterocycles. The Kier molecular flexibility index (Phi) is 5.71. The monoisotopic (exact) mass is 372 g/mol. The number of aliphatic carboxylic acids is 2. The Morgan fingerprint density at radius 2 is 1.70 bits per heavy atom. The maximum Gasteiger partial charge on any atom is 0.351 e. The predicted octanol–water partition coefficient (Wildman–Crippen LogP) is 0.433. The van der Waals surface area contributed by atoms with Gasteiger partial charge in [0.15, 0.2) is 5.97 Å². The van der Waals surface area contributed by atoms with Crippen molar-refractivity contribution in [3.05, 3.63) is 48.3 Å². The standard InChI is InChI=1S/C18H19FN2.C2H2O4/c19-14-7-8-18-16(13-14)15-5-1-2-6-17(15)21(18)12-11-20-9-3-4-10-20;3-1(4)2(5)6/h1-2,5-8,13H,3-4,9-12H2;(H,3,4)(H,5,6). The molecule has 0 aliphatic carbocycles. The number of para-hydroxylation sites is 1. The summed E-state index contributed by atoms with van der Waals surface area (Å²) in [6, 6.07) is 13.5. The van der Waals surface area contributed by atoms with Gasteiger partial charge in [0.25, 0.3) is 0 Å². The van der Waals surface area contributed by atoms with Gasteiger partial charge in [0, 0.05) is 34.6 Å². The molecule has 0 bridgehead atoms. The molecule has 2 heterocycles. The van der Waals surface area contributed by atoms with E-state index in [0.717, 1.165) is 29.4 Å². The summed E-state index contributed by atoms with van der Waals surface area (Å²) in [5.74, 6) is -4.17. The van der Waals surface area contributed by atoms with E-state index in [1.807, 2.05) is 12.1 Å². The molecule has 2 N–H and O–H groups in total. The second-order valence-corrected chi connectivity index (χ2v) is 6.63. The fourth-order valence-electron chi connectivity index (χ4n) is 3.66. The number of hydrogen-bond acceptors (Lipinski definition) is 3. The molecule has 3 aromatic rings. The summed E-state index contributed by atoms with van der Waals surface area (Å²) in [5.41, 5.74) is 2.37. The number of carbonyl (C=O) groups excluding carboxylic acids is 1.